The number of carbonyl (C=O) groups excluding carboxylic acids is 3. The molecule has 1 aliphatic rings. The molecule has 1 atom stereocenters. The van der Waals surface area contributed by atoms with Gasteiger partial charge < -0.3 is 20.3 Å². The predicted octanol–water partition coefficient (Wildman–Crippen LogP) is 2.18. The van der Waals surface area contributed by atoms with Crippen LogP contribution in [0.5, 0.6) is 5.75 Å². The first-order valence-electron chi connectivity index (χ1n) is 10.0. The maximum atomic E-state index is 12.5. The molecule has 3 amide bonds. The van der Waals surface area contributed by atoms with E-state index in [1.165, 1.54) is 0 Å². The molecule has 2 aromatic carbocycles. The molecule has 0 bridgehead atoms. The Kier molecular flexibility index (Phi) is 7.06. The van der Waals surface area contributed by atoms with Crippen molar-refractivity contribution in [2.75, 3.05) is 25.1 Å². The molecule has 0 aliphatic carbocycles. The fraction of sp³-hybridized carbons (Fsp3) is 0.348. The molecule has 1 saturated heterocycles. The first-order valence-corrected chi connectivity index (χ1v) is 10.0. The Balaban J connectivity index is 1.47. The summed E-state index contributed by atoms with van der Waals surface area (Å²) in [7, 11) is 1.56. The van der Waals surface area contributed by atoms with E-state index in [0.717, 1.165) is 11.1 Å². The Bertz CT molecular complexity index is 914. The van der Waals surface area contributed by atoms with Crippen LogP contribution in [0.25, 0.3) is 0 Å². The first-order chi connectivity index (χ1) is 14.5. The van der Waals surface area contributed by atoms with Gasteiger partial charge in [0.1, 0.15) is 5.75 Å². The highest BCUT2D eigenvalue weighted by atomic mass is 16.5. The largest absolute Gasteiger partial charge is 0.495 e. The van der Waals surface area contributed by atoms with Gasteiger partial charge in [0, 0.05) is 32.5 Å². The lowest BCUT2D eigenvalue weighted by atomic mass is 10.1. The fourth-order valence-electron chi connectivity index (χ4n) is 3.46. The lowest BCUT2D eigenvalue weighted by molar-refractivity contribution is -0.126. The number of hydrogen-bond acceptors (Lipinski definition) is 4. The summed E-state index contributed by atoms with van der Waals surface area (Å²) in [5.74, 6) is -0.305. The third kappa shape index (κ3) is 5.37. The Morgan fingerprint density at radius 3 is 2.63 bits per heavy atom. The molecule has 1 aliphatic heterocycles. The Morgan fingerprint density at radius 2 is 1.90 bits per heavy atom. The number of carbonyl (C=O) groups is 3. The van der Waals surface area contributed by atoms with E-state index in [-0.39, 0.29) is 37.1 Å². The first kappa shape index (κ1) is 21.4. The number of anilines is 1. The summed E-state index contributed by atoms with van der Waals surface area (Å²) in [4.78, 5) is 38.6. The Hall–Kier alpha value is -3.35. The van der Waals surface area contributed by atoms with E-state index in [9.17, 15) is 14.4 Å². The van der Waals surface area contributed by atoms with Crippen LogP contribution in [-0.2, 0) is 20.9 Å². The number of amides is 3. The second kappa shape index (κ2) is 9.91. The molecule has 2 N–H and O–H groups in total. The number of ether oxygens (including phenoxy) is 1. The molecule has 30 heavy (non-hydrogen) atoms. The van der Waals surface area contributed by atoms with Crippen molar-refractivity contribution < 1.29 is 19.1 Å². The number of methoxy groups -OCH3 is 1. The summed E-state index contributed by atoms with van der Waals surface area (Å²) >= 11 is 0. The van der Waals surface area contributed by atoms with Crippen LogP contribution in [0.3, 0.4) is 0 Å². The van der Waals surface area contributed by atoms with Crippen molar-refractivity contribution in [3.63, 3.8) is 0 Å². The zero-order valence-electron chi connectivity index (χ0n) is 17.3. The van der Waals surface area contributed by atoms with Gasteiger partial charge >= 0.3 is 0 Å². The van der Waals surface area contributed by atoms with Crippen molar-refractivity contribution in [1.82, 2.24) is 10.6 Å². The van der Waals surface area contributed by atoms with Crippen molar-refractivity contribution in [3.8, 4) is 5.75 Å². The zero-order chi connectivity index (χ0) is 21.5. The lowest BCUT2D eigenvalue weighted by Gasteiger charge is -2.20. The minimum atomic E-state index is -0.449. The van der Waals surface area contributed by atoms with E-state index in [4.69, 9.17) is 4.74 Å². The number of nitrogens with zero attached hydrogens (tertiary/aromatic N) is 1. The summed E-state index contributed by atoms with van der Waals surface area (Å²) < 4.78 is 5.36. The molecular formula is C23H27N3O4. The molecule has 158 valence electrons. The van der Waals surface area contributed by atoms with Crippen LogP contribution in [0.2, 0.25) is 0 Å². The molecule has 7 nitrogen and oxygen atoms in total. The zero-order valence-corrected chi connectivity index (χ0v) is 17.3. The molecule has 1 fully saturated rings. The summed E-state index contributed by atoms with van der Waals surface area (Å²) in [6.07, 6.45) is 0.331. The quantitative estimate of drug-likeness (QED) is 0.700. The number of hydrogen-bond donors (Lipinski definition) is 2. The molecular weight excluding hydrogens is 382 g/mol. The Morgan fingerprint density at radius 1 is 1.13 bits per heavy atom. The summed E-state index contributed by atoms with van der Waals surface area (Å²) in [5, 5.41) is 5.61. The Labute approximate surface area is 176 Å². The molecule has 1 heterocycles. The highest BCUT2D eigenvalue weighted by molar-refractivity contribution is 6.01. The van der Waals surface area contributed by atoms with Crippen molar-refractivity contribution in [2.45, 2.75) is 26.3 Å². The fourth-order valence-corrected chi connectivity index (χ4v) is 3.46. The maximum Gasteiger partial charge on any atom is 0.227 e. The molecule has 1 unspecified atom stereocenters. The summed E-state index contributed by atoms with van der Waals surface area (Å²) in [5.41, 5.74) is 2.71. The number of nitrogens with one attached hydrogen (secondary N) is 2. The minimum absolute atomic E-state index is 0.111. The van der Waals surface area contributed by atoms with Crippen molar-refractivity contribution >= 4 is 23.4 Å². The second-order valence-electron chi connectivity index (χ2n) is 7.38. The van der Waals surface area contributed by atoms with Crippen LogP contribution >= 0.6 is 0 Å². The van der Waals surface area contributed by atoms with Crippen LogP contribution in [0.4, 0.5) is 5.69 Å². The van der Waals surface area contributed by atoms with E-state index >= 15 is 0 Å². The van der Waals surface area contributed by atoms with E-state index in [0.29, 0.717) is 24.5 Å². The maximum absolute atomic E-state index is 12.5. The average molecular weight is 409 g/mol. The van der Waals surface area contributed by atoms with Gasteiger partial charge in [0.25, 0.3) is 0 Å². The summed E-state index contributed by atoms with van der Waals surface area (Å²) in [6, 6.07) is 15.2. The number of aryl methyl sites for hydroxylation is 1. The van der Waals surface area contributed by atoms with Gasteiger partial charge in [0.15, 0.2) is 0 Å². The molecule has 0 radical (unpaired) electrons. The minimum Gasteiger partial charge on any atom is -0.495 e. The van der Waals surface area contributed by atoms with Crippen molar-refractivity contribution in [2.24, 2.45) is 5.92 Å². The molecule has 0 spiro atoms. The number of benzene rings is 2. The lowest BCUT2D eigenvalue weighted by Crippen LogP contribution is -2.35. The summed E-state index contributed by atoms with van der Waals surface area (Å²) in [6.45, 7) is 2.93. The van der Waals surface area contributed by atoms with Crippen LogP contribution in [0.15, 0.2) is 48.5 Å². The van der Waals surface area contributed by atoms with Gasteiger partial charge in [0.2, 0.25) is 17.7 Å². The van der Waals surface area contributed by atoms with Crippen LogP contribution in [0.1, 0.15) is 24.0 Å². The molecule has 7 heteroatoms. The van der Waals surface area contributed by atoms with E-state index < -0.39 is 5.92 Å². The van der Waals surface area contributed by atoms with E-state index in [1.54, 1.807) is 12.0 Å². The highest BCUT2D eigenvalue weighted by Crippen LogP contribution is 2.33. The molecule has 3 rings (SSSR count). The van der Waals surface area contributed by atoms with E-state index in [1.807, 2.05) is 55.5 Å². The third-order valence-electron chi connectivity index (χ3n) is 5.10. The van der Waals surface area contributed by atoms with Crippen LogP contribution in [0, 0.1) is 12.8 Å². The molecule has 0 aromatic heterocycles. The smallest absolute Gasteiger partial charge is 0.227 e. The predicted molar refractivity (Wildman–Crippen MR) is 114 cm³/mol. The highest BCUT2D eigenvalue weighted by Gasteiger charge is 2.36. The number of rotatable bonds is 8. The SMILES string of the molecule is COc1ccc(C)cc1N1CC(C(=O)NCCC(=O)NCc2ccccc2)CC1=O. The van der Waals surface area contributed by atoms with E-state index in [2.05, 4.69) is 10.6 Å². The normalized spacial score (nSPS) is 15.7. The molecule has 2 aromatic rings. The topological polar surface area (TPSA) is 87.7 Å². The van der Waals surface area contributed by atoms with Gasteiger partial charge in [-0.3, -0.25) is 14.4 Å². The second-order valence-corrected chi connectivity index (χ2v) is 7.38. The van der Waals surface area contributed by atoms with Gasteiger partial charge in [-0.15, -0.1) is 0 Å². The monoisotopic (exact) mass is 409 g/mol. The van der Waals surface area contributed by atoms with Gasteiger partial charge in [-0.2, -0.15) is 0 Å². The average Bonchev–Trinajstić information content (AvgIpc) is 3.14. The van der Waals surface area contributed by atoms with Crippen molar-refractivity contribution in [1.29, 1.82) is 0 Å². The molecule has 0 saturated carbocycles. The van der Waals surface area contributed by atoms with Gasteiger partial charge in [-0.05, 0) is 30.2 Å². The van der Waals surface area contributed by atoms with Gasteiger partial charge in [0.05, 0.1) is 18.7 Å². The van der Waals surface area contributed by atoms with Gasteiger partial charge in [-0.1, -0.05) is 36.4 Å². The van der Waals surface area contributed by atoms with Crippen LogP contribution in [-0.4, -0.2) is 37.9 Å². The van der Waals surface area contributed by atoms with Crippen LogP contribution < -0.4 is 20.3 Å². The standard InChI is InChI=1S/C23H27N3O4/c1-16-8-9-20(30-2)19(12-16)26-15-18(13-22(26)28)23(29)24-11-10-21(27)25-14-17-6-4-3-5-7-17/h3-9,12,18H,10-11,13-15H2,1-2H3,(H,24,29)(H,25,27). The van der Waals surface area contributed by atoms with Gasteiger partial charge in [-0.25, -0.2) is 0 Å². The third-order valence-corrected chi connectivity index (χ3v) is 5.10. The van der Waals surface area contributed by atoms with Crippen molar-refractivity contribution in [3.05, 3.63) is 59.7 Å².